The molecule has 64 valence electrons. The standard InChI is InChI=1S/C7H9N3OS/c1-2-4(8)5-3-12-7(10-5)6(9)11/h2-4H,1,8H2,(H2,9,11). The summed E-state index contributed by atoms with van der Waals surface area (Å²) in [5, 5.41) is 1.98. The van der Waals surface area contributed by atoms with Gasteiger partial charge in [0.25, 0.3) is 5.91 Å². The third-order valence-electron chi connectivity index (χ3n) is 1.33. The number of aromatic nitrogens is 1. The summed E-state index contributed by atoms with van der Waals surface area (Å²) in [6, 6.07) is -0.325. The molecule has 1 rings (SSSR count). The van der Waals surface area contributed by atoms with Crippen molar-refractivity contribution in [3.05, 3.63) is 28.7 Å². The second-order valence-electron chi connectivity index (χ2n) is 2.20. The highest BCUT2D eigenvalue weighted by Gasteiger charge is 2.09. The Balaban J connectivity index is 2.91. The quantitative estimate of drug-likeness (QED) is 0.666. The molecule has 0 aromatic carbocycles. The zero-order valence-electron chi connectivity index (χ0n) is 6.36. The van der Waals surface area contributed by atoms with E-state index in [0.717, 1.165) is 0 Å². The number of carbonyl (C=O) groups is 1. The predicted molar refractivity (Wildman–Crippen MR) is 47.8 cm³/mol. The average Bonchev–Trinajstić information content (AvgIpc) is 2.51. The number of nitrogens with zero attached hydrogens (tertiary/aromatic N) is 1. The fourth-order valence-corrected chi connectivity index (χ4v) is 1.39. The van der Waals surface area contributed by atoms with Crippen molar-refractivity contribution in [3.63, 3.8) is 0 Å². The van der Waals surface area contributed by atoms with Gasteiger partial charge in [-0.3, -0.25) is 4.79 Å². The minimum atomic E-state index is -0.525. The van der Waals surface area contributed by atoms with E-state index in [-0.39, 0.29) is 11.0 Å². The Morgan fingerprint density at radius 2 is 2.50 bits per heavy atom. The maximum Gasteiger partial charge on any atom is 0.277 e. The van der Waals surface area contributed by atoms with Gasteiger partial charge in [-0.1, -0.05) is 6.08 Å². The second kappa shape index (κ2) is 3.46. The molecule has 5 heteroatoms. The maximum atomic E-state index is 10.6. The lowest BCUT2D eigenvalue weighted by molar-refractivity contribution is 0.1000. The van der Waals surface area contributed by atoms with E-state index in [4.69, 9.17) is 11.5 Å². The lowest BCUT2D eigenvalue weighted by atomic mass is 10.2. The van der Waals surface area contributed by atoms with Crippen LogP contribution in [0.3, 0.4) is 0 Å². The van der Waals surface area contributed by atoms with Crippen LogP contribution >= 0.6 is 11.3 Å². The van der Waals surface area contributed by atoms with Crippen molar-refractivity contribution < 1.29 is 4.79 Å². The maximum absolute atomic E-state index is 10.6. The molecule has 12 heavy (non-hydrogen) atoms. The lowest BCUT2D eigenvalue weighted by Gasteiger charge is -1.98. The van der Waals surface area contributed by atoms with Gasteiger partial charge in [0.15, 0.2) is 5.01 Å². The van der Waals surface area contributed by atoms with E-state index in [1.165, 1.54) is 11.3 Å². The first kappa shape index (κ1) is 8.89. The molecule has 0 aliphatic heterocycles. The molecule has 4 nitrogen and oxygen atoms in total. The van der Waals surface area contributed by atoms with Crippen molar-refractivity contribution in [2.45, 2.75) is 6.04 Å². The third-order valence-corrected chi connectivity index (χ3v) is 2.20. The van der Waals surface area contributed by atoms with Gasteiger partial charge in [-0.25, -0.2) is 4.98 Å². The van der Waals surface area contributed by atoms with Gasteiger partial charge >= 0.3 is 0 Å². The van der Waals surface area contributed by atoms with Crippen LogP contribution in [-0.2, 0) is 0 Å². The SMILES string of the molecule is C=CC(N)c1csc(C(N)=O)n1. The van der Waals surface area contributed by atoms with E-state index >= 15 is 0 Å². The largest absolute Gasteiger partial charge is 0.364 e. The smallest absolute Gasteiger partial charge is 0.277 e. The summed E-state index contributed by atoms with van der Waals surface area (Å²) >= 11 is 1.19. The molecule has 1 atom stereocenters. The number of primary amides is 1. The van der Waals surface area contributed by atoms with Crippen LogP contribution in [0.2, 0.25) is 0 Å². The monoisotopic (exact) mass is 183 g/mol. The summed E-state index contributed by atoms with van der Waals surface area (Å²) in [6.45, 7) is 3.51. The molecular weight excluding hydrogens is 174 g/mol. The number of nitrogens with two attached hydrogens (primary N) is 2. The molecule has 4 N–H and O–H groups in total. The second-order valence-corrected chi connectivity index (χ2v) is 3.06. The van der Waals surface area contributed by atoms with Crippen LogP contribution in [0.15, 0.2) is 18.0 Å². The summed E-state index contributed by atoms with van der Waals surface area (Å²) in [5.41, 5.74) is 11.2. The van der Waals surface area contributed by atoms with Crippen molar-refractivity contribution in [1.29, 1.82) is 0 Å². The molecule has 0 saturated carbocycles. The first-order chi connectivity index (χ1) is 5.65. The van der Waals surface area contributed by atoms with Crippen molar-refractivity contribution in [1.82, 2.24) is 4.98 Å². The third kappa shape index (κ3) is 1.69. The van der Waals surface area contributed by atoms with Gasteiger partial charge in [0.05, 0.1) is 11.7 Å². The Morgan fingerprint density at radius 1 is 1.83 bits per heavy atom. The van der Waals surface area contributed by atoms with Crippen molar-refractivity contribution in [2.75, 3.05) is 0 Å². The van der Waals surface area contributed by atoms with E-state index in [1.54, 1.807) is 11.5 Å². The summed E-state index contributed by atoms with van der Waals surface area (Å²) in [7, 11) is 0. The normalized spacial score (nSPS) is 12.4. The Kier molecular flexibility index (Phi) is 2.57. The molecule has 1 aromatic rings. The molecule has 0 aliphatic rings. The number of carbonyl (C=O) groups excluding carboxylic acids is 1. The van der Waals surface area contributed by atoms with Crippen LogP contribution < -0.4 is 11.5 Å². The highest BCUT2D eigenvalue weighted by atomic mass is 32.1. The molecule has 0 bridgehead atoms. The Hall–Kier alpha value is -1.20. The molecule has 1 heterocycles. The highest BCUT2D eigenvalue weighted by molar-refractivity contribution is 7.11. The van der Waals surface area contributed by atoms with Crippen molar-refractivity contribution in [2.24, 2.45) is 11.5 Å². The lowest BCUT2D eigenvalue weighted by Crippen LogP contribution is -2.12. The molecule has 0 radical (unpaired) electrons. The van der Waals surface area contributed by atoms with Crippen LogP contribution in [0.4, 0.5) is 0 Å². The zero-order chi connectivity index (χ0) is 9.14. The van der Waals surface area contributed by atoms with E-state index in [2.05, 4.69) is 11.6 Å². The Morgan fingerprint density at radius 3 is 2.92 bits per heavy atom. The highest BCUT2D eigenvalue weighted by Crippen LogP contribution is 2.14. The van der Waals surface area contributed by atoms with Crippen molar-refractivity contribution >= 4 is 17.2 Å². The molecule has 1 unspecified atom stereocenters. The van der Waals surface area contributed by atoms with Crippen molar-refractivity contribution in [3.8, 4) is 0 Å². The average molecular weight is 183 g/mol. The number of thiazole rings is 1. The molecule has 0 aliphatic carbocycles. The first-order valence-electron chi connectivity index (χ1n) is 3.28. The summed E-state index contributed by atoms with van der Waals surface area (Å²) < 4.78 is 0. The van der Waals surface area contributed by atoms with Crippen LogP contribution in [-0.4, -0.2) is 10.9 Å². The fourth-order valence-electron chi connectivity index (χ4n) is 0.673. The predicted octanol–water partition coefficient (Wildman–Crippen LogP) is 0.428. The molecule has 0 spiro atoms. The van der Waals surface area contributed by atoms with E-state index in [9.17, 15) is 4.79 Å². The zero-order valence-corrected chi connectivity index (χ0v) is 7.17. The van der Waals surface area contributed by atoms with Crippen LogP contribution in [0.1, 0.15) is 21.5 Å². The van der Waals surface area contributed by atoms with Crippen LogP contribution in [0.5, 0.6) is 0 Å². The fraction of sp³-hybridized carbons (Fsp3) is 0.143. The van der Waals surface area contributed by atoms with E-state index in [1.807, 2.05) is 0 Å². The van der Waals surface area contributed by atoms with Gasteiger partial charge in [-0.05, 0) is 0 Å². The molecule has 0 saturated heterocycles. The van der Waals surface area contributed by atoms with Gasteiger partial charge in [-0.15, -0.1) is 17.9 Å². The molecule has 1 amide bonds. The van der Waals surface area contributed by atoms with Crippen LogP contribution in [0, 0.1) is 0 Å². The number of hydrogen-bond acceptors (Lipinski definition) is 4. The van der Waals surface area contributed by atoms with Gasteiger partial charge in [0, 0.05) is 5.38 Å². The molecular formula is C7H9N3OS. The minimum Gasteiger partial charge on any atom is -0.364 e. The molecule has 1 aromatic heterocycles. The van der Waals surface area contributed by atoms with Crippen LogP contribution in [0.25, 0.3) is 0 Å². The van der Waals surface area contributed by atoms with E-state index in [0.29, 0.717) is 5.69 Å². The Bertz CT molecular complexity index is 307. The number of hydrogen-bond donors (Lipinski definition) is 2. The number of rotatable bonds is 3. The van der Waals surface area contributed by atoms with Gasteiger partial charge in [0.1, 0.15) is 0 Å². The van der Waals surface area contributed by atoms with Gasteiger partial charge in [0.2, 0.25) is 0 Å². The minimum absolute atomic E-state index is 0.280. The number of amides is 1. The van der Waals surface area contributed by atoms with Gasteiger partial charge in [-0.2, -0.15) is 0 Å². The Labute approximate surface area is 73.9 Å². The summed E-state index contributed by atoms with van der Waals surface area (Å²) in [6.07, 6.45) is 1.56. The summed E-state index contributed by atoms with van der Waals surface area (Å²) in [5.74, 6) is -0.525. The summed E-state index contributed by atoms with van der Waals surface area (Å²) in [4.78, 5) is 14.6. The van der Waals surface area contributed by atoms with Gasteiger partial charge < -0.3 is 11.5 Å². The topological polar surface area (TPSA) is 82.0 Å². The first-order valence-corrected chi connectivity index (χ1v) is 4.16. The van der Waals surface area contributed by atoms with E-state index < -0.39 is 5.91 Å². The molecule has 0 fully saturated rings.